The number of carboxylic acid groups (broad SMARTS) is 1. The number of nitrogens with zero attached hydrogens (tertiary/aromatic N) is 2. The molecule has 0 saturated carbocycles. The molecule has 2 atom stereocenters. The van der Waals surface area contributed by atoms with E-state index in [1.54, 1.807) is 4.90 Å². The third-order valence-electron chi connectivity index (χ3n) is 3.20. The minimum absolute atomic E-state index is 0.0609. The van der Waals surface area contributed by atoms with Crippen LogP contribution in [0.1, 0.15) is 27.2 Å². The molecule has 17 heavy (non-hydrogen) atoms. The molecule has 1 N–H and O–H groups in total. The van der Waals surface area contributed by atoms with Gasteiger partial charge in [0.05, 0.1) is 12.5 Å². The maximum Gasteiger partial charge on any atom is 0.305 e. The van der Waals surface area contributed by atoms with Crippen LogP contribution >= 0.6 is 0 Å². The Kier molecular flexibility index (Phi) is 4.51. The minimum atomic E-state index is -0.923. The summed E-state index contributed by atoms with van der Waals surface area (Å²) in [6, 6.07) is -0.410. The van der Waals surface area contributed by atoms with Crippen molar-refractivity contribution in [1.82, 2.24) is 9.80 Å². The Morgan fingerprint density at radius 1 is 1.47 bits per heavy atom. The van der Waals surface area contributed by atoms with Gasteiger partial charge in [-0.15, -0.1) is 0 Å². The molecule has 0 aromatic rings. The second-order valence-electron chi connectivity index (χ2n) is 5.24. The Morgan fingerprint density at radius 3 is 2.53 bits per heavy atom. The normalized spacial score (nSPS) is 27.4. The average Bonchev–Trinajstić information content (AvgIpc) is 2.28. The number of rotatable bonds is 3. The Labute approximate surface area is 102 Å². The first kappa shape index (κ1) is 14.0. The summed E-state index contributed by atoms with van der Waals surface area (Å²) >= 11 is 0. The second kappa shape index (κ2) is 5.49. The Hall–Kier alpha value is -1.10. The lowest BCUT2D eigenvalue weighted by Crippen LogP contribution is -2.47. The van der Waals surface area contributed by atoms with Gasteiger partial charge in [-0.2, -0.15) is 0 Å². The summed E-state index contributed by atoms with van der Waals surface area (Å²) in [5.74, 6) is -0.618. The van der Waals surface area contributed by atoms with Crippen LogP contribution in [0, 0.1) is 5.92 Å². The lowest BCUT2D eigenvalue weighted by atomic mass is 10.1. The maximum absolute atomic E-state index is 12.3. The van der Waals surface area contributed by atoms with E-state index in [-0.39, 0.29) is 18.4 Å². The average molecular weight is 242 g/mol. The van der Waals surface area contributed by atoms with E-state index >= 15 is 0 Å². The van der Waals surface area contributed by atoms with E-state index in [0.717, 1.165) is 6.54 Å². The van der Waals surface area contributed by atoms with Crippen LogP contribution in [0.4, 0.5) is 0 Å². The van der Waals surface area contributed by atoms with Crippen LogP contribution in [0.5, 0.6) is 0 Å². The summed E-state index contributed by atoms with van der Waals surface area (Å²) in [5, 5.41) is 8.89. The van der Waals surface area contributed by atoms with Crippen molar-refractivity contribution in [2.24, 2.45) is 5.92 Å². The van der Waals surface area contributed by atoms with Crippen LogP contribution in [0.25, 0.3) is 0 Å². The molecular weight excluding hydrogens is 220 g/mol. The highest BCUT2D eigenvalue weighted by atomic mass is 16.4. The summed E-state index contributed by atoms with van der Waals surface area (Å²) in [7, 11) is 1.83. The minimum Gasteiger partial charge on any atom is -0.481 e. The fourth-order valence-corrected chi connectivity index (χ4v) is 2.36. The van der Waals surface area contributed by atoms with Crippen molar-refractivity contribution in [2.45, 2.75) is 39.3 Å². The van der Waals surface area contributed by atoms with Crippen LogP contribution in [0.15, 0.2) is 0 Å². The first-order valence-corrected chi connectivity index (χ1v) is 6.05. The van der Waals surface area contributed by atoms with E-state index in [0.29, 0.717) is 12.5 Å². The topological polar surface area (TPSA) is 60.9 Å². The second-order valence-corrected chi connectivity index (χ2v) is 5.24. The first-order chi connectivity index (χ1) is 7.82. The summed E-state index contributed by atoms with van der Waals surface area (Å²) in [4.78, 5) is 26.8. The zero-order valence-electron chi connectivity index (χ0n) is 11.0. The fraction of sp³-hybridized carbons (Fsp3) is 0.833. The molecule has 2 unspecified atom stereocenters. The largest absolute Gasteiger partial charge is 0.481 e. The van der Waals surface area contributed by atoms with E-state index in [4.69, 9.17) is 5.11 Å². The van der Waals surface area contributed by atoms with Crippen molar-refractivity contribution in [3.05, 3.63) is 0 Å². The molecule has 0 aromatic heterocycles. The number of carbonyl (C=O) groups excluding carboxylic acids is 1. The van der Waals surface area contributed by atoms with Gasteiger partial charge in [-0.3, -0.25) is 14.5 Å². The molecular formula is C12H22N2O3. The Balaban J connectivity index is 2.92. The van der Waals surface area contributed by atoms with Gasteiger partial charge in [0, 0.05) is 19.1 Å². The molecule has 1 saturated heterocycles. The standard InChI is InChI=1S/C12H22N2O3/c1-8(2)14-7-9(3)6-13(4)10(12(14)17)5-11(15)16/h8-10H,5-7H2,1-4H3,(H,15,16). The smallest absolute Gasteiger partial charge is 0.305 e. The first-order valence-electron chi connectivity index (χ1n) is 6.05. The lowest BCUT2D eigenvalue weighted by Gasteiger charge is -2.29. The highest BCUT2D eigenvalue weighted by Gasteiger charge is 2.35. The van der Waals surface area contributed by atoms with Crippen molar-refractivity contribution in [2.75, 3.05) is 20.1 Å². The number of aliphatic carboxylic acids is 1. The van der Waals surface area contributed by atoms with Gasteiger partial charge in [0.25, 0.3) is 0 Å². The van der Waals surface area contributed by atoms with Gasteiger partial charge >= 0.3 is 5.97 Å². The van der Waals surface area contributed by atoms with Gasteiger partial charge in [-0.05, 0) is 26.8 Å². The quantitative estimate of drug-likeness (QED) is 0.789. The number of carbonyl (C=O) groups is 2. The number of hydrogen-bond donors (Lipinski definition) is 1. The lowest BCUT2D eigenvalue weighted by molar-refractivity contribution is -0.145. The third-order valence-corrected chi connectivity index (χ3v) is 3.20. The molecule has 98 valence electrons. The van der Waals surface area contributed by atoms with Crippen LogP contribution < -0.4 is 0 Å². The SMILES string of the molecule is CC1CN(C)C(CC(=O)O)C(=O)N(C(C)C)C1. The van der Waals surface area contributed by atoms with Gasteiger partial charge in [-0.25, -0.2) is 0 Å². The van der Waals surface area contributed by atoms with Crippen molar-refractivity contribution in [1.29, 1.82) is 0 Å². The molecule has 1 heterocycles. The zero-order valence-corrected chi connectivity index (χ0v) is 11.0. The number of amides is 1. The molecule has 0 bridgehead atoms. The Morgan fingerprint density at radius 2 is 2.06 bits per heavy atom. The summed E-state index contributed by atoms with van der Waals surface area (Å²) < 4.78 is 0. The van der Waals surface area contributed by atoms with Gasteiger partial charge < -0.3 is 10.0 Å². The van der Waals surface area contributed by atoms with Crippen LogP contribution in [-0.2, 0) is 9.59 Å². The van der Waals surface area contributed by atoms with Crippen molar-refractivity contribution in [3.8, 4) is 0 Å². The molecule has 1 amide bonds. The monoisotopic (exact) mass is 242 g/mol. The maximum atomic E-state index is 12.3. The van der Waals surface area contributed by atoms with Gasteiger partial charge in [0.15, 0.2) is 0 Å². The Bertz CT molecular complexity index is 304. The fourth-order valence-electron chi connectivity index (χ4n) is 2.36. The zero-order chi connectivity index (χ0) is 13.2. The summed E-state index contributed by atoms with van der Waals surface area (Å²) in [6.07, 6.45) is -0.120. The molecule has 1 fully saturated rings. The van der Waals surface area contributed by atoms with E-state index in [9.17, 15) is 9.59 Å². The van der Waals surface area contributed by atoms with Gasteiger partial charge in [-0.1, -0.05) is 6.92 Å². The van der Waals surface area contributed by atoms with Crippen LogP contribution in [0.2, 0.25) is 0 Å². The number of likely N-dealkylation sites (N-methyl/N-ethyl adjacent to an activating group) is 1. The third kappa shape index (κ3) is 3.43. The molecule has 5 nitrogen and oxygen atoms in total. The number of carboxylic acids is 1. The predicted octanol–water partition coefficient (Wildman–Crippen LogP) is 0.648. The summed E-state index contributed by atoms with van der Waals surface area (Å²) in [6.45, 7) is 7.48. The molecule has 0 spiro atoms. The molecule has 1 aliphatic rings. The molecule has 1 aliphatic heterocycles. The molecule has 0 aromatic carbocycles. The molecule has 5 heteroatoms. The number of hydrogen-bond acceptors (Lipinski definition) is 3. The molecule has 0 radical (unpaired) electrons. The summed E-state index contributed by atoms with van der Waals surface area (Å²) in [5.41, 5.74) is 0. The van der Waals surface area contributed by atoms with Crippen molar-refractivity contribution in [3.63, 3.8) is 0 Å². The van der Waals surface area contributed by atoms with E-state index in [1.165, 1.54) is 0 Å². The van der Waals surface area contributed by atoms with Crippen molar-refractivity contribution < 1.29 is 14.7 Å². The molecule has 0 aliphatic carbocycles. The van der Waals surface area contributed by atoms with Crippen LogP contribution in [0.3, 0.4) is 0 Å². The molecule has 1 rings (SSSR count). The highest BCUT2D eigenvalue weighted by molar-refractivity contribution is 5.86. The van der Waals surface area contributed by atoms with Gasteiger partial charge in [0.1, 0.15) is 0 Å². The predicted molar refractivity (Wildman–Crippen MR) is 64.7 cm³/mol. The van der Waals surface area contributed by atoms with Crippen LogP contribution in [-0.4, -0.2) is 59.0 Å². The highest BCUT2D eigenvalue weighted by Crippen LogP contribution is 2.18. The van der Waals surface area contributed by atoms with Crippen molar-refractivity contribution >= 4 is 11.9 Å². The van der Waals surface area contributed by atoms with E-state index < -0.39 is 12.0 Å². The van der Waals surface area contributed by atoms with E-state index in [2.05, 4.69) is 6.92 Å². The van der Waals surface area contributed by atoms with Gasteiger partial charge in [0.2, 0.25) is 5.91 Å². The van der Waals surface area contributed by atoms with E-state index in [1.807, 2.05) is 25.8 Å².